The Hall–Kier alpha value is -1.00. The molecule has 0 saturated carbocycles. The molecule has 0 radical (unpaired) electrons. The predicted molar refractivity (Wildman–Crippen MR) is 72.8 cm³/mol. The average molecular weight is 268 g/mol. The van der Waals surface area contributed by atoms with Crippen LogP contribution in [0.15, 0.2) is 18.2 Å². The largest absolute Gasteiger partial charge is 0.322 e. The van der Waals surface area contributed by atoms with Crippen LogP contribution in [0.1, 0.15) is 44.7 Å². The van der Waals surface area contributed by atoms with Crippen molar-refractivity contribution in [3.63, 3.8) is 0 Å². The van der Waals surface area contributed by atoms with Gasteiger partial charge in [-0.25, -0.2) is 8.78 Å². The van der Waals surface area contributed by atoms with Crippen molar-refractivity contribution >= 4 is 0 Å². The van der Waals surface area contributed by atoms with Gasteiger partial charge >= 0.3 is 0 Å². The van der Waals surface area contributed by atoms with Gasteiger partial charge < -0.3 is 5.73 Å². The summed E-state index contributed by atoms with van der Waals surface area (Å²) in [5, 5.41) is 0. The first kappa shape index (κ1) is 14.4. The standard InChI is InChI=1S/C15H22F2N2/c1-15(2,19-8-4-3-5-9-19)14(18)11-6-7-12(16)13(17)10-11/h6-7,10,14H,3-5,8-9,18H2,1-2H3. The predicted octanol–water partition coefficient (Wildman–Crippen LogP) is 3.23. The summed E-state index contributed by atoms with van der Waals surface area (Å²) in [5.41, 5.74) is 6.68. The van der Waals surface area contributed by atoms with Gasteiger partial charge in [0.2, 0.25) is 0 Å². The summed E-state index contributed by atoms with van der Waals surface area (Å²) in [5.74, 6) is -1.66. The van der Waals surface area contributed by atoms with Crippen LogP contribution in [0.2, 0.25) is 0 Å². The molecule has 19 heavy (non-hydrogen) atoms. The Morgan fingerprint density at radius 3 is 2.32 bits per heavy atom. The minimum absolute atomic E-state index is 0.259. The second kappa shape index (κ2) is 5.55. The van der Waals surface area contributed by atoms with Gasteiger partial charge in [0, 0.05) is 11.6 Å². The third kappa shape index (κ3) is 2.95. The van der Waals surface area contributed by atoms with E-state index in [1.807, 2.05) is 0 Å². The summed E-state index contributed by atoms with van der Waals surface area (Å²) >= 11 is 0. The van der Waals surface area contributed by atoms with Crippen molar-refractivity contribution in [2.75, 3.05) is 13.1 Å². The fraction of sp³-hybridized carbons (Fsp3) is 0.600. The molecule has 2 nitrogen and oxygen atoms in total. The lowest BCUT2D eigenvalue weighted by Crippen LogP contribution is -2.53. The van der Waals surface area contributed by atoms with E-state index in [1.165, 1.54) is 25.3 Å². The van der Waals surface area contributed by atoms with E-state index in [1.54, 1.807) is 6.07 Å². The van der Waals surface area contributed by atoms with Crippen LogP contribution in [0.25, 0.3) is 0 Å². The smallest absolute Gasteiger partial charge is 0.159 e. The second-order valence-corrected chi connectivity index (χ2v) is 5.85. The first-order valence-electron chi connectivity index (χ1n) is 6.88. The average Bonchev–Trinajstić information content (AvgIpc) is 2.42. The van der Waals surface area contributed by atoms with Gasteiger partial charge in [0.1, 0.15) is 0 Å². The van der Waals surface area contributed by atoms with E-state index in [-0.39, 0.29) is 11.6 Å². The van der Waals surface area contributed by atoms with Crippen molar-refractivity contribution < 1.29 is 8.78 Å². The summed E-state index contributed by atoms with van der Waals surface area (Å²) in [7, 11) is 0. The molecule has 106 valence electrons. The summed E-state index contributed by atoms with van der Waals surface area (Å²) < 4.78 is 26.3. The maximum absolute atomic E-state index is 13.3. The Balaban J connectivity index is 2.20. The Morgan fingerprint density at radius 2 is 1.74 bits per heavy atom. The molecule has 1 fully saturated rings. The molecule has 1 aromatic carbocycles. The van der Waals surface area contributed by atoms with Crippen molar-refractivity contribution in [1.82, 2.24) is 4.90 Å². The normalized spacial score (nSPS) is 19.4. The fourth-order valence-corrected chi connectivity index (χ4v) is 2.78. The molecule has 0 aliphatic carbocycles. The molecule has 0 aromatic heterocycles. The highest BCUT2D eigenvalue weighted by molar-refractivity contribution is 5.24. The lowest BCUT2D eigenvalue weighted by atomic mass is 9.86. The lowest BCUT2D eigenvalue weighted by molar-refractivity contribution is 0.0729. The number of rotatable bonds is 3. The maximum atomic E-state index is 13.3. The van der Waals surface area contributed by atoms with Crippen LogP contribution < -0.4 is 5.73 Å². The van der Waals surface area contributed by atoms with E-state index in [0.717, 1.165) is 19.2 Å². The first-order chi connectivity index (χ1) is 8.93. The monoisotopic (exact) mass is 268 g/mol. The SMILES string of the molecule is CC(C)(C(N)c1ccc(F)c(F)c1)N1CCCCC1. The molecule has 1 aliphatic rings. The van der Waals surface area contributed by atoms with Crippen LogP contribution in [0.3, 0.4) is 0 Å². The molecular formula is C15H22F2N2. The quantitative estimate of drug-likeness (QED) is 0.912. The highest BCUT2D eigenvalue weighted by Gasteiger charge is 2.34. The van der Waals surface area contributed by atoms with Crippen LogP contribution in [-0.2, 0) is 0 Å². The number of halogens is 2. The zero-order valence-corrected chi connectivity index (χ0v) is 11.6. The molecule has 1 unspecified atom stereocenters. The molecule has 0 bridgehead atoms. The maximum Gasteiger partial charge on any atom is 0.159 e. The van der Waals surface area contributed by atoms with Crippen molar-refractivity contribution in [3.8, 4) is 0 Å². The number of hydrogen-bond donors (Lipinski definition) is 1. The van der Waals surface area contributed by atoms with Gasteiger partial charge in [-0.1, -0.05) is 12.5 Å². The van der Waals surface area contributed by atoms with Crippen molar-refractivity contribution in [2.45, 2.75) is 44.7 Å². The summed E-state index contributed by atoms with van der Waals surface area (Å²) in [6, 6.07) is 3.61. The van der Waals surface area contributed by atoms with Crippen LogP contribution in [0, 0.1) is 11.6 Å². The Morgan fingerprint density at radius 1 is 1.11 bits per heavy atom. The van der Waals surface area contributed by atoms with Crippen LogP contribution in [0.5, 0.6) is 0 Å². The molecule has 1 atom stereocenters. The molecule has 1 saturated heterocycles. The molecule has 0 amide bonds. The van der Waals surface area contributed by atoms with Gasteiger partial charge in [-0.05, 0) is 57.5 Å². The molecular weight excluding hydrogens is 246 g/mol. The molecule has 2 rings (SSSR count). The van der Waals surface area contributed by atoms with Crippen LogP contribution in [-0.4, -0.2) is 23.5 Å². The zero-order valence-electron chi connectivity index (χ0n) is 11.6. The number of piperidine rings is 1. The fourth-order valence-electron chi connectivity index (χ4n) is 2.78. The number of nitrogens with two attached hydrogens (primary N) is 1. The molecule has 1 heterocycles. The highest BCUT2D eigenvalue weighted by Crippen LogP contribution is 2.31. The minimum atomic E-state index is -0.831. The van der Waals surface area contributed by atoms with E-state index in [2.05, 4.69) is 18.7 Å². The third-order valence-electron chi connectivity index (χ3n) is 4.23. The Bertz CT molecular complexity index is 440. The van der Waals surface area contributed by atoms with Gasteiger partial charge in [-0.3, -0.25) is 4.90 Å². The summed E-state index contributed by atoms with van der Waals surface area (Å²) in [4.78, 5) is 2.35. The molecule has 1 aliphatic heterocycles. The summed E-state index contributed by atoms with van der Waals surface area (Å²) in [6.07, 6.45) is 3.61. The van der Waals surface area contributed by atoms with Crippen LogP contribution in [0.4, 0.5) is 8.78 Å². The Kier molecular flexibility index (Phi) is 4.21. The van der Waals surface area contributed by atoms with Crippen LogP contribution >= 0.6 is 0 Å². The number of benzene rings is 1. The number of likely N-dealkylation sites (tertiary alicyclic amines) is 1. The molecule has 0 spiro atoms. The van der Waals surface area contributed by atoms with E-state index in [0.29, 0.717) is 5.56 Å². The van der Waals surface area contributed by atoms with Gasteiger partial charge in [0.05, 0.1) is 0 Å². The van der Waals surface area contributed by atoms with E-state index in [9.17, 15) is 8.78 Å². The van der Waals surface area contributed by atoms with Gasteiger partial charge in [0.25, 0.3) is 0 Å². The number of hydrogen-bond acceptors (Lipinski definition) is 2. The third-order valence-corrected chi connectivity index (χ3v) is 4.23. The molecule has 4 heteroatoms. The first-order valence-corrected chi connectivity index (χ1v) is 6.88. The molecule has 1 aromatic rings. The highest BCUT2D eigenvalue weighted by atomic mass is 19.2. The molecule has 2 N–H and O–H groups in total. The van der Waals surface area contributed by atoms with Crippen molar-refractivity contribution in [3.05, 3.63) is 35.4 Å². The van der Waals surface area contributed by atoms with Gasteiger partial charge in [-0.15, -0.1) is 0 Å². The lowest BCUT2D eigenvalue weighted by Gasteiger charge is -2.44. The number of nitrogens with zero attached hydrogens (tertiary/aromatic N) is 1. The second-order valence-electron chi connectivity index (χ2n) is 5.85. The van der Waals surface area contributed by atoms with E-state index < -0.39 is 11.6 Å². The minimum Gasteiger partial charge on any atom is -0.322 e. The summed E-state index contributed by atoms with van der Waals surface area (Å²) in [6.45, 7) is 6.18. The Labute approximate surface area is 113 Å². The van der Waals surface area contributed by atoms with Crippen molar-refractivity contribution in [1.29, 1.82) is 0 Å². The topological polar surface area (TPSA) is 29.3 Å². The van der Waals surface area contributed by atoms with Gasteiger partial charge in [0.15, 0.2) is 11.6 Å². The van der Waals surface area contributed by atoms with Crippen molar-refractivity contribution in [2.24, 2.45) is 5.73 Å². The van der Waals surface area contributed by atoms with Gasteiger partial charge in [-0.2, -0.15) is 0 Å². The zero-order chi connectivity index (χ0) is 14.0. The van der Waals surface area contributed by atoms with E-state index >= 15 is 0 Å². The van der Waals surface area contributed by atoms with E-state index in [4.69, 9.17) is 5.73 Å².